The predicted molar refractivity (Wildman–Crippen MR) is 66.6 cm³/mol. The minimum absolute atomic E-state index is 0.108. The maximum absolute atomic E-state index is 5.53. The van der Waals surface area contributed by atoms with E-state index < -0.39 is 0 Å². The van der Waals surface area contributed by atoms with Crippen LogP contribution in [0.3, 0.4) is 0 Å². The Morgan fingerprint density at radius 1 is 1.50 bits per heavy atom. The Balaban J connectivity index is 2.26. The van der Waals surface area contributed by atoms with Crippen molar-refractivity contribution in [2.24, 2.45) is 0 Å². The summed E-state index contributed by atoms with van der Waals surface area (Å²) in [6.07, 6.45) is 3.42. The summed E-state index contributed by atoms with van der Waals surface area (Å²) in [7, 11) is 0. The van der Waals surface area contributed by atoms with Gasteiger partial charge in [-0.2, -0.15) is 0 Å². The number of ether oxygens (including phenoxy) is 1. The summed E-state index contributed by atoms with van der Waals surface area (Å²) < 4.78 is 5.53. The van der Waals surface area contributed by atoms with E-state index in [0.717, 1.165) is 17.9 Å². The summed E-state index contributed by atoms with van der Waals surface area (Å²) in [5.74, 6) is 0.777. The fraction of sp³-hybridized carbons (Fsp3) is 0.462. The Labute approximate surface area is 97.5 Å². The number of rotatable bonds is 5. The van der Waals surface area contributed by atoms with Crippen molar-refractivity contribution < 1.29 is 4.74 Å². The van der Waals surface area contributed by atoms with E-state index in [-0.39, 0.29) is 5.54 Å². The van der Waals surface area contributed by atoms with Crippen molar-refractivity contribution in [2.75, 3.05) is 13.2 Å². The van der Waals surface area contributed by atoms with Gasteiger partial charge >= 0.3 is 0 Å². The standard InChI is InChI=1S/C13H20N2O/c1-11(8-15-13(2,3)4)10-16-12-6-5-7-14-9-12/h5-7,9,15H,1,8,10H2,2-4H3. The van der Waals surface area contributed by atoms with Gasteiger partial charge in [0.2, 0.25) is 0 Å². The van der Waals surface area contributed by atoms with Gasteiger partial charge in [0, 0.05) is 18.3 Å². The third kappa shape index (κ3) is 5.51. The molecule has 1 heterocycles. The molecule has 0 aliphatic heterocycles. The topological polar surface area (TPSA) is 34.1 Å². The van der Waals surface area contributed by atoms with Crippen LogP contribution < -0.4 is 10.1 Å². The Kier molecular flexibility index (Phi) is 4.50. The molecule has 0 radical (unpaired) electrons. The van der Waals surface area contributed by atoms with Crippen molar-refractivity contribution in [1.82, 2.24) is 10.3 Å². The maximum atomic E-state index is 5.53. The molecule has 1 aromatic heterocycles. The van der Waals surface area contributed by atoms with Gasteiger partial charge in [-0.15, -0.1) is 0 Å². The van der Waals surface area contributed by atoms with E-state index in [4.69, 9.17) is 4.74 Å². The maximum Gasteiger partial charge on any atom is 0.138 e. The SMILES string of the molecule is C=C(CNC(C)(C)C)COc1cccnc1. The lowest BCUT2D eigenvalue weighted by Gasteiger charge is -2.21. The Bertz CT molecular complexity index is 328. The molecule has 0 fully saturated rings. The summed E-state index contributed by atoms with van der Waals surface area (Å²) >= 11 is 0. The van der Waals surface area contributed by atoms with Crippen LogP contribution in [-0.2, 0) is 0 Å². The molecule has 1 rings (SSSR count). The summed E-state index contributed by atoms with van der Waals surface area (Å²) in [5.41, 5.74) is 1.14. The lowest BCUT2D eigenvalue weighted by molar-refractivity contribution is 0.340. The molecule has 3 nitrogen and oxygen atoms in total. The molecule has 1 N–H and O–H groups in total. The summed E-state index contributed by atoms with van der Waals surface area (Å²) in [6.45, 7) is 11.6. The van der Waals surface area contributed by atoms with Gasteiger partial charge in [-0.05, 0) is 38.5 Å². The lowest BCUT2D eigenvalue weighted by atomic mass is 10.1. The van der Waals surface area contributed by atoms with E-state index >= 15 is 0 Å². The zero-order valence-corrected chi connectivity index (χ0v) is 10.3. The van der Waals surface area contributed by atoms with E-state index in [0.29, 0.717) is 6.61 Å². The number of nitrogens with zero attached hydrogens (tertiary/aromatic N) is 1. The van der Waals surface area contributed by atoms with Crippen LogP contribution in [0.2, 0.25) is 0 Å². The Hall–Kier alpha value is -1.35. The highest BCUT2D eigenvalue weighted by Crippen LogP contribution is 2.07. The highest BCUT2D eigenvalue weighted by Gasteiger charge is 2.08. The molecule has 3 heteroatoms. The van der Waals surface area contributed by atoms with Crippen molar-refractivity contribution in [1.29, 1.82) is 0 Å². The smallest absolute Gasteiger partial charge is 0.138 e. The molecule has 0 atom stereocenters. The molecule has 0 amide bonds. The molecule has 0 aromatic carbocycles. The molecule has 1 aromatic rings. The van der Waals surface area contributed by atoms with Crippen LogP contribution in [0.5, 0.6) is 5.75 Å². The fourth-order valence-corrected chi connectivity index (χ4v) is 1.06. The highest BCUT2D eigenvalue weighted by molar-refractivity contribution is 5.16. The third-order valence-electron chi connectivity index (χ3n) is 1.95. The van der Waals surface area contributed by atoms with Gasteiger partial charge in [-0.25, -0.2) is 0 Å². The van der Waals surface area contributed by atoms with Gasteiger partial charge in [0.25, 0.3) is 0 Å². The first-order chi connectivity index (χ1) is 7.47. The van der Waals surface area contributed by atoms with E-state index in [1.54, 1.807) is 12.4 Å². The Morgan fingerprint density at radius 2 is 2.25 bits per heavy atom. The average Bonchev–Trinajstić information content (AvgIpc) is 2.24. The van der Waals surface area contributed by atoms with Gasteiger partial charge in [-0.3, -0.25) is 4.98 Å². The van der Waals surface area contributed by atoms with Crippen molar-refractivity contribution >= 4 is 0 Å². The van der Waals surface area contributed by atoms with Crippen LogP contribution in [0.25, 0.3) is 0 Å². The van der Waals surface area contributed by atoms with Crippen molar-refractivity contribution in [2.45, 2.75) is 26.3 Å². The third-order valence-corrected chi connectivity index (χ3v) is 1.95. The monoisotopic (exact) mass is 220 g/mol. The van der Waals surface area contributed by atoms with E-state index in [1.807, 2.05) is 12.1 Å². The van der Waals surface area contributed by atoms with Crippen LogP contribution in [0.15, 0.2) is 36.7 Å². The fourth-order valence-electron chi connectivity index (χ4n) is 1.06. The van der Waals surface area contributed by atoms with Crippen molar-refractivity contribution in [3.8, 4) is 5.75 Å². The zero-order valence-electron chi connectivity index (χ0n) is 10.3. The van der Waals surface area contributed by atoms with Gasteiger partial charge in [0.05, 0.1) is 6.20 Å². The molecule has 0 unspecified atom stereocenters. The lowest BCUT2D eigenvalue weighted by Crippen LogP contribution is -2.37. The summed E-state index contributed by atoms with van der Waals surface area (Å²) in [4.78, 5) is 3.98. The molecule has 0 saturated carbocycles. The second-order valence-corrected chi connectivity index (χ2v) is 4.83. The summed E-state index contributed by atoms with van der Waals surface area (Å²) in [6, 6.07) is 3.74. The number of pyridine rings is 1. The molecule has 0 spiro atoms. The zero-order chi connectivity index (χ0) is 12.0. The molecule has 16 heavy (non-hydrogen) atoms. The van der Waals surface area contributed by atoms with Crippen LogP contribution >= 0.6 is 0 Å². The minimum atomic E-state index is 0.108. The second kappa shape index (κ2) is 5.66. The molecule has 0 saturated heterocycles. The first-order valence-corrected chi connectivity index (χ1v) is 5.42. The van der Waals surface area contributed by atoms with Crippen LogP contribution in [0, 0.1) is 0 Å². The molecular formula is C13H20N2O. The number of nitrogens with one attached hydrogen (secondary N) is 1. The van der Waals surface area contributed by atoms with Crippen LogP contribution in [0.1, 0.15) is 20.8 Å². The van der Waals surface area contributed by atoms with Crippen LogP contribution in [0.4, 0.5) is 0 Å². The molecule has 0 bridgehead atoms. The molecular weight excluding hydrogens is 200 g/mol. The van der Waals surface area contributed by atoms with E-state index in [1.165, 1.54) is 0 Å². The van der Waals surface area contributed by atoms with E-state index in [9.17, 15) is 0 Å². The first-order valence-electron chi connectivity index (χ1n) is 5.42. The van der Waals surface area contributed by atoms with Gasteiger partial charge in [0.15, 0.2) is 0 Å². The quantitative estimate of drug-likeness (QED) is 0.774. The average molecular weight is 220 g/mol. The predicted octanol–water partition coefficient (Wildman–Crippen LogP) is 2.40. The number of hydrogen-bond acceptors (Lipinski definition) is 3. The van der Waals surface area contributed by atoms with Gasteiger partial charge in [0.1, 0.15) is 12.4 Å². The normalized spacial score (nSPS) is 11.2. The minimum Gasteiger partial charge on any atom is -0.488 e. The number of aromatic nitrogens is 1. The first kappa shape index (κ1) is 12.7. The van der Waals surface area contributed by atoms with Gasteiger partial charge in [-0.1, -0.05) is 6.58 Å². The molecule has 0 aliphatic rings. The largest absolute Gasteiger partial charge is 0.488 e. The highest BCUT2D eigenvalue weighted by atomic mass is 16.5. The van der Waals surface area contributed by atoms with Crippen LogP contribution in [-0.4, -0.2) is 23.7 Å². The van der Waals surface area contributed by atoms with E-state index in [2.05, 4.69) is 37.7 Å². The second-order valence-electron chi connectivity index (χ2n) is 4.83. The van der Waals surface area contributed by atoms with Gasteiger partial charge < -0.3 is 10.1 Å². The van der Waals surface area contributed by atoms with Crippen molar-refractivity contribution in [3.63, 3.8) is 0 Å². The number of hydrogen-bond donors (Lipinski definition) is 1. The van der Waals surface area contributed by atoms with Crippen molar-refractivity contribution in [3.05, 3.63) is 36.7 Å². The Morgan fingerprint density at radius 3 is 2.81 bits per heavy atom. The molecule has 88 valence electrons. The molecule has 0 aliphatic carbocycles. The summed E-state index contributed by atoms with van der Waals surface area (Å²) in [5, 5.41) is 3.36.